The second kappa shape index (κ2) is 10.0. The van der Waals surface area contributed by atoms with E-state index in [9.17, 15) is 4.79 Å². The number of nitrogens with zero attached hydrogens (tertiary/aromatic N) is 2. The monoisotopic (exact) mass is 436 g/mol. The Labute approximate surface area is 178 Å². The lowest BCUT2D eigenvalue weighted by atomic mass is 9.82. The van der Waals surface area contributed by atoms with Crippen LogP contribution in [0.4, 0.5) is 0 Å². The summed E-state index contributed by atoms with van der Waals surface area (Å²) in [5.74, 6) is 1.08. The Balaban J connectivity index is 0.000000575. The molecule has 0 bridgehead atoms. The molecule has 2 aromatic carbocycles. The molecule has 2 atom stereocenters. The van der Waals surface area contributed by atoms with E-state index in [1.165, 1.54) is 7.11 Å². The Morgan fingerprint density at radius 1 is 0.967 bits per heavy atom. The molecule has 0 unspecified atom stereocenters. The normalized spacial score (nSPS) is 18.3. The molecule has 0 saturated carbocycles. The van der Waals surface area contributed by atoms with E-state index in [1.54, 1.807) is 0 Å². The quantitative estimate of drug-likeness (QED) is 0.408. The van der Waals surface area contributed by atoms with Crippen LogP contribution in [0, 0.1) is 16.2 Å². The zero-order valence-corrected chi connectivity index (χ0v) is 18.0. The minimum Gasteiger partial charge on any atom is -0.466 e. The van der Waals surface area contributed by atoms with Crippen molar-refractivity contribution in [1.29, 1.82) is 0 Å². The smallest absolute Gasteiger partial charge is 0.352 e. The summed E-state index contributed by atoms with van der Waals surface area (Å²) in [6, 6.07) is 20.3. The van der Waals surface area contributed by atoms with Crippen LogP contribution >= 0.6 is 0 Å². The van der Waals surface area contributed by atoms with Gasteiger partial charge in [0.2, 0.25) is 6.04 Å². The Hall–Kier alpha value is -2.49. The molecular formula is C21H25ClN2O6. The Morgan fingerprint density at radius 3 is 1.70 bits per heavy atom. The second-order valence-electron chi connectivity index (χ2n) is 7.02. The molecule has 1 aliphatic rings. The summed E-state index contributed by atoms with van der Waals surface area (Å²) in [5.41, 5.74) is 2.32. The number of methoxy groups -OCH3 is 1. The number of carbonyl (C=O) groups excluding carboxylic acids is 1. The van der Waals surface area contributed by atoms with Gasteiger partial charge in [-0.25, -0.2) is 28.3 Å². The highest BCUT2D eigenvalue weighted by atomic mass is 35.7. The van der Waals surface area contributed by atoms with Crippen molar-refractivity contribution in [2.24, 2.45) is 5.92 Å². The molecule has 1 fully saturated rings. The molecule has 8 nitrogen and oxygen atoms in total. The van der Waals surface area contributed by atoms with Crippen molar-refractivity contribution in [2.45, 2.75) is 19.0 Å². The van der Waals surface area contributed by atoms with Crippen LogP contribution in [0.15, 0.2) is 60.7 Å². The van der Waals surface area contributed by atoms with Crippen LogP contribution in [0.1, 0.15) is 24.1 Å². The van der Waals surface area contributed by atoms with Crippen LogP contribution in [0.3, 0.4) is 0 Å². The number of likely N-dealkylation sites (tertiary alicyclic amines) is 1. The molecule has 9 heteroatoms. The fourth-order valence-corrected chi connectivity index (χ4v) is 3.83. The van der Waals surface area contributed by atoms with E-state index in [0.717, 1.165) is 17.0 Å². The lowest BCUT2D eigenvalue weighted by Crippen LogP contribution is -2.68. The second-order valence-corrected chi connectivity index (χ2v) is 7.77. The van der Waals surface area contributed by atoms with Gasteiger partial charge in [0.1, 0.15) is 12.0 Å². The molecule has 0 aromatic heterocycles. The van der Waals surface area contributed by atoms with Crippen molar-refractivity contribution < 1.29 is 43.0 Å². The van der Waals surface area contributed by atoms with Crippen molar-refractivity contribution >= 4 is 11.8 Å². The average molecular weight is 437 g/mol. The molecule has 0 aliphatic carbocycles. The maximum absolute atomic E-state index is 12.5. The van der Waals surface area contributed by atoms with Gasteiger partial charge in [0.05, 0.1) is 21.2 Å². The van der Waals surface area contributed by atoms with Crippen molar-refractivity contribution in [3.8, 4) is 0 Å². The van der Waals surface area contributed by atoms with Crippen LogP contribution in [-0.4, -0.2) is 48.5 Å². The molecule has 0 radical (unpaired) electrons. The zero-order chi connectivity index (χ0) is 22.5. The SMILES string of the molecule is COC(=O)[C@@H]1[C@H](C)C(=[N+](C)C)N1C(c1ccccc1)c1ccccc1.[O-][Cl+3]([O-])([O-])[O-]. The first-order valence-corrected chi connectivity index (χ1v) is 10.4. The van der Waals surface area contributed by atoms with Crippen molar-refractivity contribution in [3.05, 3.63) is 71.8 Å². The van der Waals surface area contributed by atoms with Gasteiger partial charge in [0.15, 0.2) is 0 Å². The molecule has 1 heterocycles. The third kappa shape index (κ3) is 5.78. The number of hydrogen-bond donors (Lipinski definition) is 0. The summed E-state index contributed by atoms with van der Waals surface area (Å²) in [7, 11) is 0.569. The molecule has 3 rings (SSSR count). The van der Waals surface area contributed by atoms with Gasteiger partial charge in [0, 0.05) is 11.1 Å². The molecule has 1 saturated heterocycles. The highest BCUT2D eigenvalue weighted by Gasteiger charge is 2.58. The standard InChI is InChI=1S/C21H25N2O2.ClHO4/c1-15-18(21(24)25-4)23(20(15)22(2)3)19(16-11-7-5-8-12-16)17-13-9-6-10-14-17;2-1(3,4)5/h5-15,18-19H,1-4H3;(H,2,3,4,5)/q+1;/p-1/t15-,18-;/m0./s1. The van der Waals surface area contributed by atoms with Gasteiger partial charge in [-0.2, -0.15) is 0 Å². The van der Waals surface area contributed by atoms with Gasteiger partial charge < -0.3 is 4.74 Å². The third-order valence-corrected chi connectivity index (χ3v) is 4.85. The number of hydrogen-bond acceptors (Lipinski definition) is 6. The van der Waals surface area contributed by atoms with Crippen molar-refractivity contribution in [3.63, 3.8) is 0 Å². The molecule has 0 N–H and O–H groups in total. The Bertz CT molecular complexity index is 821. The number of amidine groups is 1. The lowest BCUT2D eigenvalue weighted by molar-refractivity contribution is -2.00. The largest absolute Gasteiger partial charge is 0.466 e. The molecule has 0 spiro atoms. The maximum atomic E-state index is 12.5. The van der Waals surface area contributed by atoms with E-state index in [1.807, 2.05) is 50.5 Å². The lowest BCUT2D eigenvalue weighted by Gasteiger charge is -2.45. The van der Waals surface area contributed by atoms with Gasteiger partial charge in [0.25, 0.3) is 5.84 Å². The molecule has 162 valence electrons. The van der Waals surface area contributed by atoms with Crippen molar-refractivity contribution in [1.82, 2.24) is 4.90 Å². The van der Waals surface area contributed by atoms with E-state index in [4.69, 9.17) is 23.4 Å². The highest BCUT2D eigenvalue weighted by Crippen LogP contribution is 2.40. The van der Waals surface area contributed by atoms with Crippen LogP contribution in [-0.2, 0) is 9.53 Å². The van der Waals surface area contributed by atoms with Gasteiger partial charge in [-0.05, 0) is 6.92 Å². The average Bonchev–Trinajstić information content (AvgIpc) is 2.67. The van der Waals surface area contributed by atoms with Gasteiger partial charge in [-0.15, -0.1) is 10.2 Å². The summed E-state index contributed by atoms with van der Waals surface area (Å²) in [6.07, 6.45) is 0. The summed E-state index contributed by atoms with van der Waals surface area (Å²) in [6.45, 7) is 2.08. The third-order valence-electron chi connectivity index (χ3n) is 4.85. The molecule has 0 amide bonds. The summed E-state index contributed by atoms with van der Waals surface area (Å²) in [4.78, 5) is 14.7. The zero-order valence-electron chi connectivity index (χ0n) is 17.2. The molecule has 2 aromatic rings. The van der Waals surface area contributed by atoms with Gasteiger partial charge in [-0.1, -0.05) is 60.7 Å². The van der Waals surface area contributed by atoms with E-state index in [2.05, 4.69) is 40.7 Å². The molecule has 30 heavy (non-hydrogen) atoms. The first-order valence-electron chi connectivity index (χ1n) is 9.18. The maximum Gasteiger partial charge on any atom is 0.352 e. The topological polar surface area (TPSA) is 125 Å². The predicted octanol–water partition coefficient (Wildman–Crippen LogP) is -1.82. The number of rotatable bonds is 4. The minimum atomic E-state index is -4.94. The number of carbonyl (C=O) groups is 1. The number of benzene rings is 2. The molecule has 1 aliphatic heterocycles. The van der Waals surface area contributed by atoms with Crippen LogP contribution in [0.2, 0.25) is 0 Å². The van der Waals surface area contributed by atoms with Crippen LogP contribution in [0.25, 0.3) is 0 Å². The number of ether oxygens (including phenoxy) is 1. The summed E-state index contributed by atoms with van der Waals surface area (Å²) >= 11 is 0. The van der Waals surface area contributed by atoms with E-state index >= 15 is 0 Å². The van der Waals surface area contributed by atoms with Crippen molar-refractivity contribution in [2.75, 3.05) is 21.2 Å². The predicted molar refractivity (Wildman–Crippen MR) is 98.6 cm³/mol. The Kier molecular flexibility index (Phi) is 7.94. The molecular weight excluding hydrogens is 412 g/mol. The first kappa shape index (κ1) is 23.8. The van der Waals surface area contributed by atoms with Gasteiger partial charge in [-0.3, -0.25) is 4.58 Å². The summed E-state index contributed by atoms with van der Waals surface area (Å²) in [5, 5.41) is 0. The van der Waals surface area contributed by atoms with E-state index in [-0.39, 0.29) is 24.0 Å². The number of halogens is 1. The fourth-order valence-electron chi connectivity index (χ4n) is 3.83. The minimum absolute atomic E-state index is 0.0277. The first-order chi connectivity index (χ1) is 14.1. The van der Waals surface area contributed by atoms with E-state index < -0.39 is 10.2 Å². The number of esters is 1. The van der Waals surface area contributed by atoms with Crippen LogP contribution in [0.5, 0.6) is 0 Å². The fraction of sp³-hybridized carbons (Fsp3) is 0.333. The van der Waals surface area contributed by atoms with E-state index in [0.29, 0.717) is 0 Å². The highest BCUT2D eigenvalue weighted by molar-refractivity contribution is 5.98. The summed E-state index contributed by atoms with van der Waals surface area (Å²) < 4.78 is 41.2. The van der Waals surface area contributed by atoms with Crippen LogP contribution < -0.4 is 18.6 Å². The Morgan fingerprint density at radius 2 is 1.37 bits per heavy atom. The van der Waals surface area contributed by atoms with Gasteiger partial charge >= 0.3 is 5.97 Å².